The number of rotatable bonds is 1. The molecule has 0 aliphatic carbocycles. The Morgan fingerprint density at radius 1 is 1.12 bits per heavy atom. The molecule has 0 aliphatic rings. The van der Waals surface area contributed by atoms with E-state index in [1.807, 2.05) is 18.2 Å². The molecule has 0 radical (unpaired) electrons. The van der Waals surface area contributed by atoms with Crippen LogP contribution in [-0.4, -0.2) is 4.98 Å². The molecule has 1 heterocycles. The highest BCUT2D eigenvalue weighted by atomic mass is 32.1. The molecule has 0 saturated heterocycles. The van der Waals surface area contributed by atoms with Crippen LogP contribution in [0.15, 0.2) is 30.3 Å². The number of hydrogen-bond donors (Lipinski definition) is 1. The van der Waals surface area contributed by atoms with Crippen LogP contribution in [0.5, 0.6) is 0 Å². The highest BCUT2D eigenvalue weighted by Gasteiger charge is 2.22. The fraction of sp³-hybridized carbons (Fsp3) is 0.308. The SMILES string of the molecule is CC(C)(C)c1nc(-c2ccccc2)sc1N. The third kappa shape index (κ3) is 2.09. The van der Waals surface area contributed by atoms with Gasteiger partial charge < -0.3 is 5.73 Å². The van der Waals surface area contributed by atoms with E-state index in [1.165, 1.54) is 0 Å². The van der Waals surface area contributed by atoms with E-state index in [2.05, 4.69) is 37.9 Å². The smallest absolute Gasteiger partial charge is 0.125 e. The van der Waals surface area contributed by atoms with Gasteiger partial charge in [0.1, 0.15) is 10.0 Å². The molecule has 0 bridgehead atoms. The molecule has 2 nitrogen and oxygen atoms in total. The van der Waals surface area contributed by atoms with Crippen molar-refractivity contribution in [3.8, 4) is 10.6 Å². The second-order valence-electron chi connectivity index (χ2n) is 4.85. The maximum atomic E-state index is 6.02. The third-order valence-corrected chi connectivity index (χ3v) is 3.32. The predicted molar refractivity (Wildman–Crippen MR) is 70.7 cm³/mol. The molecule has 0 aliphatic heterocycles. The topological polar surface area (TPSA) is 38.9 Å². The lowest BCUT2D eigenvalue weighted by molar-refractivity contribution is 0.576. The quantitative estimate of drug-likeness (QED) is 0.814. The minimum absolute atomic E-state index is 0.00755. The normalized spacial score (nSPS) is 11.7. The van der Waals surface area contributed by atoms with E-state index in [-0.39, 0.29) is 5.41 Å². The third-order valence-electron chi connectivity index (χ3n) is 2.38. The summed E-state index contributed by atoms with van der Waals surface area (Å²) < 4.78 is 0. The first-order valence-electron chi connectivity index (χ1n) is 5.30. The first-order chi connectivity index (χ1) is 7.48. The van der Waals surface area contributed by atoms with E-state index in [0.717, 1.165) is 21.3 Å². The van der Waals surface area contributed by atoms with Gasteiger partial charge in [-0.2, -0.15) is 0 Å². The van der Waals surface area contributed by atoms with Crippen LogP contribution < -0.4 is 5.73 Å². The molecule has 0 atom stereocenters. The molecule has 0 amide bonds. The van der Waals surface area contributed by atoms with Crippen molar-refractivity contribution in [1.29, 1.82) is 0 Å². The van der Waals surface area contributed by atoms with Crippen molar-refractivity contribution in [1.82, 2.24) is 4.98 Å². The van der Waals surface area contributed by atoms with E-state index in [0.29, 0.717) is 0 Å². The number of hydrogen-bond acceptors (Lipinski definition) is 3. The lowest BCUT2D eigenvalue weighted by Gasteiger charge is -2.15. The summed E-state index contributed by atoms with van der Waals surface area (Å²) in [6.07, 6.45) is 0. The lowest BCUT2D eigenvalue weighted by Crippen LogP contribution is -2.13. The van der Waals surface area contributed by atoms with Gasteiger partial charge in [-0.25, -0.2) is 4.98 Å². The molecule has 0 spiro atoms. The lowest BCUT2D eigenvalue weighted by atomic mass is 9.92. The van der Waals surface area contributed by atoms with E-state index >= 15 is 0 Å². The molecular weight excluding hydrogens is 216 g/mol. The van der Waals surface area contributed by atoms with Gasteiger partial charge >= 0.3 is 0 Å². The monoisotopic (exact) mass is 232 g/mol. The largest absolute Gasteiger partial charge is 0.389 e. The fourth-order valence-corrected chi connectivity index (χ4v) is 2.62. The van der Waals surface area contributed by atoms with Gasteiger partial charge in [-0.05, 0) is 0 Å². The van der Waals surface area contributed by atoms with Crippen molar-refractivity contribution < 1.29 is 0 Å². The minimum Gasteiger partial charge on any atom is -0.389 e. The summed E-state index contributed by atoms with van der Waals surface area (Å²) in [4.78, 5) is 4.64. The van der Waals surface area contributed by atoms with Crippen molar-refractivity contribution in [2.75, 3.05) is 5.73 Å². The number of thiazole rings is 1. The molecule has 2 N–H and O–H groups in total. The van der Waals surface area contributed by atoms with Crippen LogP contribution in [0.2, 0.25) is 0 Å². The zero-order valence-corrected chi connectivity index (χ0v) is 10.6. The standard InChI is InChI=1S/C13H16N2S/c1-13(2,3)10-11(14)16-12(15-10)9-7-5-4-6-8-9/h4-8H,14H2,1-3H3. The van der Waals surface area contributed by atoms with Crippen molar-refractivity contribution in [3.63, 3.8) is 0 Å². The van der Waals surface area contributed by atoms with Crippen molar-refractivity contribution in [2.24, 2.45) is 0 Å². The molecule has 84 valence electrons. The van der Waals surface area contributed by atoms with E-state index in [1.54, 1.807) is 11.3 Å². The summed E-state index contributed by atoms with van der Waals surface area (Å²) in [6, 6.07) is 10.2. The Labute approximate surface area is 100 Å². The van der Waals surface area contributed by atoms with Gasteiger partial charge in [0.05, 0.1) is 5.69 Å². The summed E-state index contributed by atoms with van der Waals surface area (Å²) in [6.45, 7) is 6.40. The van der Waals surface area contributed by atoms with Crippen LogP contribution in [0.4, 0.5) is 5.00 Å². The van der Waals surface area contributed by atoms with Gasteiger partial charge in [-0.15, -0.1) is 0 Å². The Kier molecular flexibility index (Phi) is 2.72. The van der Waals surface area contributed by atoms with Gasteiger partial charge in [0.2, 0.25) is 0 Å². The van der Waals surface area contributed by atoms with E-state index in [9.17, 15) is 0 Å². The first-order valence-corrected chi connectivity index (χ1v) is 6.12. The van der Waals surface area contributed by atoms with Crippen molar-refractivity contribution >= 4 is 16.3 Å². The Balaban J connectivity index is 2.47. The highest BCUT2D eigenvalue weighted by Crippen LogP contribution is 2.35. The second-order valence-corrected chi connectivity index (χ2v) is 5.88. The molecule has 3 heteroatoms. The molecule has 1 aromatic carbocycles. The molecule has 1 aromatic heterocycles. The summed E-state index contributed by atoms with van der Waals surface area (Å²) in [5.41, 5.74) is 8.16. The number of benzene rings is 1. The van der Waals surface area contributed by atoms with E-state index in [4.69, 9.17) is 5.73 Å². The van der Waals surface area contributed by atoms with Crippen LogP contribution in [0, 0.1) is 0 Å². The van der Waals surface area contributed by atoms with E-state index < -0.39 is 0 Å². The number of aromatic nitrogens is 1. The predicted octanol–water partition coefficient (Wildman–Crippen LogP) is 3.69. The van der Waals surface area contributed by atoms with Crippen LogP contribution in [0.1, 0.15) is 26.5 Å². The summed E-state index contributed by atoms with van der Waals surface area (Å²) >= 11 is 1.56. The van der Waals surface area contributed by atoms with Crippen LogP contribution >= 0.6 is 11.3 Å². The number of anilines is 1. The van der Waals surface area contributed by atoms with Crippen LogP contribution in [0.3, 0.4) is 0 Å². The summed E-state index contributed by atoms with van der Waals surface area (Å²) in [5.74, 6) is 0. The fourth-order valence-electron chi connectivity index (χ4n) is 1.57. The Bertz CT molecular complexity index is 480. The van der Waals surface area contributed by atoms with Crippen molar-refractivity contribution in [2.45, 2.75) is 26.2 Å². The van der Waals surface area contributed by atoms with Gasteiger partial charge in [-0.1, -0.05) is 62.4 Å². The molecular formula is C13H16N2S. The minimum atomic E-state index is 0.00755. The van der Waals surface area contributed by atoms with Crippen LogP contribution in [-0.2, 0) is 5.41 Å². The average Bonchev–Trinajstić information content (AvgIpc) is 2.61. The average molecular weight is 232 g/mol. The summed E-state index contributed by atoms with van der Waals surface area (Å²) in [5, 5.41) is 1.83. The molecule has 2 aromatic rings. The highest BCUT2D eigenvalue weighted by molar-refractivity contribution is 7.18. The Morgan fingerprint density at radius 3 is 2.25 bits per heavy atom. The summed E-state index contributed by atoms with van der Waals surface area (Å²) in [7, 11) is 0. The molecule has 0 saturated carbocycles. The van der Waals surface area contributed by atoms with Crippen LogP contribution in [0.25, 0.3) is 10.6 Å². The number of nitrogens with zero attached hydrogens (tertiary/aromatic N) is 1. The van der Waals surface area contributed by atoms with Gasteiger partial charge in [-0.3, -0.25) is 0 Å². The van der Waals surface area contributed by atoms with Gasteiger partial charge in [0.25, 0.3) is 0 Å². The molecule has 0 fully saturated rings. The zero-order chi connectivity index (χ0) is 11.8. The molecule has 2 rings (SSSR count). The second kappa shape index (κ2) is 3.91. The zero-order valence-electron chi connectivity index (χ0n) is 9.82. The molecule has 16 heavy (non-hydrogen) atoms. The first kappa shape index (κ1) is 11.1. The number of nitrogens with two attached hydrogens (primary N) is 1. The Morgan fingerprint density at radius 2 is 1.75 bits per heavy atom. The maximum absolute atomic E-state index is 6.02. The van der Waals surface area contributed by atoms with Gasteiger partial charge in [0.15, 0.2) is 0 Å². The van der Waals surface area contributed by atoms with Crippen molar-refractivity contribution in [3.05, 3.63) is 36.0 Å². The molecule has 0 unspecified atom stereocenters. The number of nitrogen functional groups attached to an aromatic ring is 1. The Hall–Kier alpha value is -1.35. The maximum Gasteiger partial charge on any atom is 0.125 e. The van der Waals surface area contributed by atoms with Gasteiger partial charge in [0, 0.05) is 11.0 Å².